The van der Waals surface area contributed by atoms with Crippen molar-refractivity contribution in [3.63, 3.8) is 0 Å². The zero-order valence-corrected chi connectivity index (χ0v) is 57.3. The number of guanidine groups is 1. The molecule has 0 aliphatic carbocycles. The smallest absolute Gasteiger partial charge is 0.326 e. The molecule has 24 N–H and O–H groups in total. The van der Waals surface area contributed by atoms with E-state index in [-0.39, 0.29) is 62.0 Å². The van der Waals surface area contributed by atoms with Crippen LogP contribution in [0.1, 0.15) is 112 Å². The van der Waals surface area contributed by atoms with E-state index in [1.807, 2.05) is 0 Å². The van der Waals surface area contributed by atoms with Gasteiger partial charge < -0.3 is 107 Å². The van der Waals surface area contributed by atoms with Gasteiger partial charge in [0.1, 0.15) is 72.5 Å². The second-order valence-corrected chi connectivity index (χ2v) is 24.9. The number of nitrogens with zero attached hydrogens (tertiary/aromatic N) is 1. The highest BCUT2D eigenvalue weighted by Gasteiger charge is 2.38. The monoisotopic (exact) mass is 1410 g/mol. The van der Waals surface area contributed by atoms with Gasteiger partial charge in [-0.2, -0.15) is 25.3 Å². The van der Waals surface area contributed by atoms with E-state index in [2.05, 4.69) is 93.7 Å². The number of nitrogens with one attached hydrogen (secondary N) is 12. The van der Waals surface area contributed by atoms with Crippen LogP contribution in [-0.2, 0) is 73.5 Å². The van der Waals surface area contributed by atoms with Crippen molar-refractivity contribution in [3.05, 3.63) is 36.0 Å². The molecule has 12 amide bonds. The lowest BCUT2D eigenvalue weighted by molar-refractivity contribution is -0.143. The van der Waals surface area contributed by atoms with Crippen LogP contribution in [0.25, 0.3) is 10.9 Å². The fraction of sp³-hybridized carbons (Fsp3) is 0.617. The van der Waals surface area contributed by atoms with Crippen molar-refractivity contribution in [3.8, 4) is 0 Å². The zero-order chi connectivity index (χ0) is 73.6. The molecule has 0 saturated carbocycles. The van der Waals surface area contributed by atoms with Gasteiger partial charge in [-0.25, -0.2) is 4.79 Å². The molecule has 37 heteroatoms. The number of benzene rings is 1. The SMILES string of the molecule is CC[C@H](C)[C@H](NC(=O)[C@H](CS)NC(=O)[C@H](CCC(N)=O)NC(=O)[C@H](C)NC(=O)[C@H](CCCN=C(N)N)NC(=O)[C@H](CC(C)C)NC(=O)[C@H](CC(=O)O)NC(=O)[C@H](CO)NC(=O)[C@H](Cc1c[nH]c2ccccc12)NC(=O)[C@H](CC(C)C)NC(=O)[C@H](CS)NC(=O)[C@@H](N)[C@@H](C)O)C(=O)O. The first-order chi connectivity index (χ1) is 45.5. The summed E-state index contributed by atoms with van der Waals surface area (Å²) in [6.07, 6.45) is -2.01. The number of rotatable bonds is 44. The first kappa shape index (κ1) is 84.3. The number of aliphatic imine (C=N–C) groups is 1. The van der Waals surface area contributed by atoms with Crippen LogP contribution >= 0.6 is 25.3 Å². The Labute approximate surface area is 571 Å². The fourth-order valence-electron chi connectivity index (χ4n) is 9.44. The Bertz CT molecular complexity index is 3090. The van der Waals surface area contributed by atoms with Crippen molar-refractivity contribution in [2.45, 2.75) is 192 Å². The third-order valence-corrected chi connectivity index (χ3v) is 15.8. The number of hydrogen-bond acceptors (Lipinski definition) is 20. The average Bonchev–Trinajstić information content (AvgIpc) is 1.74. The number of carbonyl (C=O) groups is 14. The molecule has 0 unspecified atom stereocenters. The van der Waals surface area contributed by atoms with Crippen LogP contribution in [0.4, 0.5) is 0 Å². The molecule has 0 saturated heterocycles. The van der Waals surface area contributed by atoms with Crippen LogP contribution in [0.3, 0.4) is 0 Å². The number of carboxylic acids is 2. The molecule has 0 fully saturated rings. The number of aliphatic hydroxyl groups is 2. The number of aliphatic carboxylic acids is 2. The van der Waals surface area contributed by atoms with Gasteiger partial charge in [-0.15, -0.1) is 0 Å². The lowest BCUT2D eigenvalue weighted by Crippen LogP contribution is -2.61. The van der Waals surface area contributed by atoms with Gasteiger partial charge in [0.25, 0.3) is 0 Å². The summed E-state index contributed by atoms with van der Waals surface area (Å²) < 4.78 is 0. The summed E-state index contributed by atoms with van der Waals surface area (Å²) in [6, 6.07) is -11.7. The molecule has 0 radical (unpaired) electrons. The maximum absolute atomic E-state index is 14.4. The number of fused-ring (bicyclic) bond motifs is 1. The number of hydrogen-bond donors (Lipinski definition) is 22. The highest BCUT2D eigenvalue weighted by atomic mass is 32.1. The van der Waals surface area contributed by atoms with Crippen molar-refractivity contribution in [2.75, 3.05) is 24.7 Å². The Kier molecular flexibility index (Phi) is 36.5. The van der Waals surface area contributed by atoms with Gasteiger partial charge >= 0.3 is 11.9 Å². The summed E-state index contributed by atoms with van der Waals surface area (Å²) in [4.78, 5) is 195. The largest absolute Gasteiger partial charge is 0.481 e. The molecular formula is C60H97N17O18S2. The van der Waals surface area contributed by atoms with E-state index in [9.17, 15) is 87.5 Å². The van der Waals surface area contributed by atoms with E-state index in [1.165, 1.54) is 13.8 Å². The van der Waals surface area contributed by atoms with Crippen LogP contribution in [-0.4, -0.2) is 217 Å². The highest BCUT2D eigenvalue weighted by Crippen LogP contribution is 2.20. The van der Waals surface area contributed by atoms with Gasteiger partial charge in [0.05, 0.1) is 19.1 Å². The Hall–Kier alpha value is -8.81. The number of thiol groups is 2. The summed E-state index contributed by atoms with van der Waals surface area (Å²) in [6.45, 7) is 11.3. The number of carbonyl (C=O) groups excluding carboxylic acids is 12. The van der Waals surface area contributed by atoms with Gasteiger partial charge in [0.15, 0.2) is 5.96 Å². The number of nitrogens with two attached hydrogens (primary N) is 4. The number of H-pyrrole nitrogens is 1. The first-order valence-electron chi connectivity index (χ1n) is 31.4. The van der Waals surface area contributed by atoms with Crippen molar-refractivity contribution >= 4 is 125 Å². The number of aromatic nitrogens is 1. The average molecular weight is 1410 g/mol. The zero-order valence-electron chi connectivity index (χ0n) is 55.5. The van der Waals surface area contributed by atoms with Crippen LogP contribution in [0.5, 0.6) is 0 Å². The van der Waals surface area contributed by atoms with E-state index >= 15 is 0 Å². The number of aromatic amines is 1. The predicted molar refractivity (Wildman–Crippen MR) is 360 cm³/mol. The van der Waals surface area contributed by atoms with E-state index in [1.54, 1.807) is 72.0 Å². The first-order valence-corrected chi connectivity index (χ1v) is 32.7. The summed E-state index contributed by atoms with van der Waals surface area (Å²) >= 11 is 8.29. The van der Waals surface area contributed by atoms with Gasteiger partial charge in [0.2, 0.25) is 70.9 Å². The summed E-state index contributed by atoms with van der Waals surface area (Å²) in [5.41, 5.74) is 23.2. The fourth-order valence-corrected chi connectivity index (χ4v) is 9.95. The number of amides is 12. The lowest BCUT2D eigenvalue weighted by Gasteiger charge is -2.28. The minimum absolute atomic E-state index is 0.0118. The van der Waals surface area contributed by atoms with Crippen LogP contribution in [0.2, 0.25) is 0 Å². The third kappa shape index (κ3) is 29.2. The van der Waals surface area contributed by atoms with E-state index < -0.39 is 199 Å². The minimum atomic E-state index is -2.03. The van der Waals surface area contributed by atoms with Crippen LogP contribution in [0, 0.1) is 17.8 Å². The van der Waals surface area contributed by atoms with Crippen molar-refractivity contribution < 1.29 is 87.5 Å². The summed E-state index contributed by atoms with van der Waals surface area (Å²) in [5.74, 6) is -17.2. The molecule has 2 rings (SSSR count). The molecule has 0 spiro atoms. The van der Waals surface area contributed by atoms with Crippen molar-refractivity contribution in [1.29, 1.82) is 0 Å². The third-order valence-electron chi connectivity index (χ3n) is 15.1. The van der Waals surface area contributed by atoms with E-state index in [0.29, 0.717) is 22.9 Å². The second-order valence-electron chi connectivity index (χ2n) is 24.2. The van der Waals surface area contributed by atoms with Gasteiger partial charge in [-0.1, -0.05) is 66.2 Å². The molecule has 1 heterocycles. The normalized spacial score (nSPS) is 15.6. The molecule has 35 nitrogen and oxygen atoms in total. The Morgan fingerprint density at radius 1 is 0.546 bits per heavy atom. The summed E-state index contributed by atoms with van der Waals surface area (Å²) in [7, 11) is 0. The Balaban J connectivity index is 2.47. The quantitative estimate of drug-likeness (QED) is 0.0127. The molecule has 0 bridgehead atoms. The van der Waals surface area contributed by atoms with E-state index in [4.69, 9.17) is 22.9 Å². The van der Waals surface area contributed by atoms with Crippen molar-refractivity contribution in [2.24, 2.45) is 45.7 Å². The number of para-hydroxylation sites is 1. The second kappa shape index (κ2) is 42.0. The molecule has 1 aromatic carbocycles. The van der Waals surface area contributed by atoms with Gasteiger partial charge in [0, 0.05) is 48.0 Å². The topological polar surface area (TPSA) is 584 Å². The van der Waals surface area contributed by atoms with Crippen molar-refractivity contribution in [1.82, 2.24) is 63.5 Å². The summed E-state index contributed by atoms with van der Waals surface area (Å²) in [5, 5.41) is 67.3. The molecule has 0 aliphatic heterocycles. The minimum Gasteiger partial charge on any atom is -0.481 e. The predicted octanol–water partition coefficient (Wildman–Crippen LogP) is -5.36. The number of carboxylic acid groups (broad SMARTS) is 2. The molecule has 542 valence electrons. The highest BCUT2D eigenvalue weighted by molar-refractivity contribution is 7.80. The molecule has 2 aromatic rings. The molecule has 0 aliphatic rings. The van der Waals surface area contributed by atoms with E-state index in [0.717, 1.165) is 0 Å². The molecular weight excluding hydrogens is 1310 g/mol. The Morgan fingerprint density at radius 3 is 1.48 bits per heavy atom. The maximum Gasteiger partial charge on any atom is 0.326 e. The molecule has 14 atom stereocenters. The van der Waals surface area contributed by atoms with Gasteiger partial charge in [-0.05, 0) is 75.3 Å². The lowest BCUT2D eigenvalue weighted by atomic mass is 9.99. The maximum atomic E-state index is 14.4. The van der Waals surface area contributed by atoms with Crippen LogP contribution in [0.15, 0.2) is 35.5 Å². The molecule has 97 heavy (non-hydrogen) atoms. The molecule has 1 aromatic heterocycles. The van der Waals surface area contributed by atoms with Gasteiger partial charge in [-0.3, -0.25) is 67.3 Å². The Morgan fingerprint density at radius 2 is 0.979 bits per heavy atom. The van der Waals surface area contributed by atoms with Crippen LogP contribution < -0.4 is 81.4 Å². The number of primary amides is 1. The standard InChI is InChI=1S/C60H97N17O18S2/c1-9-29(6)47(59(94)95)77-57(92)43(26-97)75-50(85)36(16-17-44(61)80)68-48(83)30(7)67-49(84)35(15-12-18-65-60(63)64)69-51(86)37(19-27(2)3)70-54(89)40(22-45(81)82)73-55(90)41(24-78)74-53(88)39(21-32-23-66-34-14-11-10-13-33(32)34)72-52(87)38(20-28(4)5)71-56(91)42(25-96)76-58(93)46(62)31(8)79/h10-11,13-14,23,27-31,35-43,46-47,66,78-79,96-97H,9,12,15-22,24-26,62H2,1-8H3,(H2,61,80)(H,67,84)(H,68,83)(H,69,86)(H,70,89)(H,71,91)(H,72,87)(H,73,90)(H,74,88)(H,75,85)(H,76,93)(H,77,92)(H,81,82)(H,94,95)(H4,63,64,65)/t29-,30-,31+,35-,36-,37-,38-,39-,40-,41-,42-,43-,46-,47-/m0/s1. The number of aliphatic hydroxyl groups excluding tert-OH is 2.